The number of aromatic hydroxyl groups is 1. The molecule has 2 fully saturated rings. The molecule has 1 aliphatic heterocycles. The van der Waals surface area contributed by atoms with Crippen molar-refractivity contribution in [1.82, 2.24) is 4.90 Å². The molecule has 0 atom stereocenters. The fraction of sp³-hybridized carbons (Fsp3) is 0.304. The molecule has 0 radical (unpaired) electrons. The van der Waals surface area contributed by atoms with Crippen molar-refractivity contribution in [2.24, 2.45) is 4.99 Å². The zero-order valence-corrected chi connectivity index (χ0v) is 21.7. The van der Waals surface area contributed by atoms with Gasteiger partial charge in [0, 0.05) is 15.2 Å². The Kier molecular flexibility index (Phi) is 7.08. The lowest BCUT2D eigenvalue weighted by Gasteiger charge is -2.30. The summed E-state index contributed by atoms with van der Waals surface area (Å²) >= 11 is 5.75. The normalized spacial score (nSPS) is 20.5. The predicted octanol–water partition coefficient (Wildman–Crippen LogP) is 6.85. The molecule has 30 heavy (non-hydrogen) atoms. The molecule has 4 nitrogen and oxygen atoms in total. The Morgan fingerprint density at radius 3 is 2.53 bits per heavy atom. The van der Waals surface area contributed by atoms with E-state index < -0.39 is 0 Å². The topological polar surface area (TPSA) is 52.9 Å². The third kappa shape index (κ3) is 4.88. The molecule has 1 saturated heterocycles. The number of nitrogens with zero attached hydrogens (tertiary/aromatic N) is 2. The van der Waals surface area contributed by atoms with Crippen LogP contribution in [-0.2, 0) is 4.79 Å². The number of aryl methyl sites for hydroxylation is 1. The molecule has 1 aliphatic carbocycles. The molecule has 1 heterocycles. The number of carbonyl (C=O) groups excluding carboxylic acids is 1. The van der Waals surface area contributed by atoms with Gasteiger partial charge in [0.2, 0.25) is 0 Å². The van der Waals surface area contributed by atoms with E-state index in [4.69, 9.17) is 4.99 Å². The lowest BCUT2D eigenvalue weighted by atomic mass is 9.94. The maximum atomic E-state index is 13.4. The molecular weight excluding hydrogens is 622 g/mol. The third-order valence-corrected chi connectivity index (χ3v) is 7.81. The minimum atomic E-state index is -0.00830. The van der Waals surface area contributed by atoms with Gasteiger partial charge in [-0.2, -0.15) is 0 Å². The summed E-state index contributed by atoms with van der Waals surface area (Å²) in [6, 6.07) is 12.1. The molecule has 0 spiro atoms. The Morgan fingerprint density at radius 2 is 1.83 bits per heavy atom. The summed E-state index contributed by atoms with van der Waals surface area (Å²) < 4.78 is 1.80. The molecule has 1 amide bonds. The fourth-order valence-electron chi connectivity index (χ4n) is 3.79. The maximum Gasteiger partial charge on any atom is 0.267 e. The van der Waals surface area contributed by atoms with E-state index in [-0.39, 0.29) is 17.7 Å². The Balaban J connectivity index is 1.73. The Labute approximate surface area is 208 Å². The van der Waals surface area contributed by atoms with Crippen molar-refractivity contribution in [2.45, 2.75) is 45.1 Å². The summed E-state index contributed by atoms with van der Waals surface area (Å²) in [5, 5.41) is 11.2. The number of amides is 1. The largest absolute Gasteiger partial charge is 0.506 e. The van der Waals surface area contributed by atoms with Crippen LogP contribution in [0.5, 0.6) is 5.75 Å². The van der Waals surface area contributed by atoms with Gasteiger partial charge >= 0.3 is 0 Å². The number of amidine groups is 1. The number of phenolic OH excluding ortho intramolecular Hbond substituents is 1. The van der Waals surface area contributed by atoms with Gasteiger partial charge in [0.1, 0.15) is 5.75 Å². The van der Waals surface area contributed by atoms with E-state index >= 15 is 0 Å². The van der Waals surface area contributed by atoms with Crippen LogP contribution in [0.2, 0.25) is 0 Å². The number of rotatable bonds is 3. The van der Waals surface area contributed by atoms with E-state index in [0.29, 0.717) is 10.5 Å². The molecule has 2 aromatic rings. The van der Waals surface area contributed by atoms with Crippen LogP contribution in [0.25, 0.3) is 6.08 Å². The highest BCUT2D eigenvalue weighted by Gasteiger charge is 2.38. The number of halogens is 2. The Bertz CT molecular complexity index is 1030. The monoisotopic (exact) mass is 644 g/mol. The lowest BCUT2D eigenvalue weighted by Crippen LogP contribution is -2.40. The van der Waals surface area contributed by atoms with Crippen LogP contribution in [0.15, 0.2) is 46.3 Å². The summed E-state index contributed by atoms with van der Waals surface area (Å²) in [6.07, 6.45) is 7.35. The van der Waals surface area contributed by atoms with Crippen molar-refractivity contribution >= 4 is 79.8 Å². The second-order valence-corrected chi connectivity index (χ2v) is 11.0. The van der Waals surface area contributed by atoms with Gasteiger partial charge in [0.05, 0.1) is 14.2 Å². The SMILES string of the molecule is Cc1ccc(N=C2S/C(=C/c3cc(I)cc(I)c3O)C(=O)N2C2CCCCC2)cc1. The van der Waals surface area contributed by atoms with Crippen LogP contribution >= 0.6 is 56.9 Å². The van der Waals surface area contributed by atoms with Crippen molar-refractivity contribution in [3.63, 3.8) is 0 Å². The Morgan fingerprint density at radius 1 is 1.13 bits per heavy atom. The van der Waals surface area contributed by atoms with Crippen molar-refractivity contribution in [3.05, 3.63) is 59.6 Å². The molecule has 0 bridgehead atoms. The maximum absolute atomic E-state index is 13.4. The van der Waals surface area contributed by atoms with Crippen LogP contribution < -0.4 is 0 Å². The summed E-state index contributed by atoms with van der Waals surface area (Å²) in [7, 11) is 0. The van der Waals surface area contributed by atoms with Gasteiger partial charge in [-0.3, -0.25) is 9.69 Å². The molecule has 1 saturated carbocycles. The van der Waals surface area contributed by atoms with E-state index in [2.05, 4.69) is 52.1 Å². The van der Waals surface area contributed by atoms with Crippen LogP contribution in [0.1, 0.15) is 43.2 Å². The first kappa shape index (κ1) is 22.1. The number of thioether (sulfide) groups is 1. The van der Waals surface area contributed by atoms with Crippen molar-refractivity contribution in [2.75, 3.05) is 0 Å². The van der Waals surface area contributed by atoms with Gasteiger partial charge in [0.15, 0.2) is 5.17 Å². The number of hydrogen-bond acceptors (Lipinski definition) is 4. The number of benzene rings is 2. The second kappa shape index (κ2) is 9.60. The zero-order chi connectivity index (χ0) is 21.3. The Hall–Kier alpha value is -1.07. The first-order valence-electron chi connectivity index (χ1n) is 9.99. The number of aliphatic imine (C=N–C) groups is 1. The van der Waals surface area contributed by atoms with Gasteiger partial charge in [-0.25, -0.2) is 4.99 Å². The van der Waals surface area contributed by atoms with Gasteiger partial charge in [0.25, 0.3) is 5.91 Å². The van der Waals surface area contributed by atoms with Crippen LogP contribution in [-0.4, -0.2) is 27.1 Å². The quantitative estimate of drug-likeness (QED) is 0.294. The molecule has 1 N–H and O–H groups in total. The molecule has 4 rings (SSSR count). The molecule has 7 heteroatoms. The predicted molar refractivity (Wildman–Crippen MR) is 141 cm³/mol. The van der Waals surface area contributed by atoms with E-state index in [9.17, 15) is 9.90 Å². The van der Waals surface area contributed by atoms with E-state index in [1.807, 2.05) is 41.3 Å². The standard InChI is InChI=1S/C23H22I2N2O2S/c1-14-7-9-17(10-8-14)26-23-27(18-5-3-2-4-6-18)22(29)20(30-23)12-15-11-16(24)13-19(25)21(15)28/h7-13,18,28H,2-6H2,1H3/b20-12+,26-23?. The summed E-state index contributed by atoms with van der Waals surface area (Å²) in [4.78, 5) is 20.8. The molecule has 0 aromatic heterocycles. The number of hydrogen-bond donors (Lipinski definition) is 1. The van der Waals surface area contributed by atoms with Crippen LogP contribution in [0.4, 0.5) is 5.69 Å². The zero-order valence-electron chi connectivity index (χ0n) is 16.6. The summed E-state index contributed by atoms with van der Waals surface area (Å²) in [5.41, 5.74) is 2.70. The highest BCUT2D eigenvalue weighted by Crippen LogP contribution is 2.40. The highest BCUT2D eigenvalue weighted by molar-refractivity contribution is 14.1. The van der Waals surface area contributed by atoms with E-state index in [0.717, 1.165) is 43.7 Å². The molecule has 2 aromatic carbocycles. The average Bonchev–Trinajstić information content (AvgIpc) is 3.03. The van der Waals surface area contributed by atoms with E-state index in [1.54, 1.807) is 6.08 Å². The smallest absolute Gasteiger partial charge is 0.267 e. The van der Waals surface area contributed by atoms with Gasteiger partial charge in [-0.15, -0.1) is 0 Å². The molecule has 156 valence electrons. The highest BCUT2D eigenvalue weighted by atomic mass is 127. The fourth-order valence-corrected chi connectivity index (χ4v) is 6.73. The number of carbonyl (C=O) groups is 1. The summed E-state index contributed by atoms with van der Waals surface area (Å²) in [5.74, 6) is 0.205. The van der Waals surface area contributed by atoms with Gasteiger partial charge in [-0.05, 0) is 107 Å². The second-order valence-electron chi connectivity index (χ2n) is 7.63. The third-order valence-electron chi connectivity index (χ3n) is 5.38. The minimum absolute atomic E-state index is 0.00830. The van der Waals surface area contributed by atoms with Crippen molar-refractivity contribution in [3.8, 4) is 5.75 Å². The first-order chi connectivity index (χ1) is 14.4. The number of phenols is 1. The molecular formula is C23H22I2N2O2S. The molecule has 0 unspecified atom stereocenters. The van der Waals surface area contributed by atoms with Crippen molar-refractivity contribution in [1.29, 1.82) is 0 Å². The van der Waals surface area contributed by atoms with E-state index in [1.165, 1.54) is 23.7 Å². The first-order valence-corrected chi connectivity index (χ1v) is 13.0. The van der Waals surface area contributed by atoms with Crippen LogP contribution in [0.3, 0.4) is 0 Å². The average molecular weight is 644 g/mol. The van der Waals surface area contributed by atoms with Crippen LogP contribution in [0, 0.1) is 14.1 Å². The lowest BCUT2D eigenvalue weighted by molar-refractivity contribution is -0.124. The summed E-state index contributed by atoms with van der Waals surface area (Å²) in [6.45, 7) is 2.05. The van der Waals surface area contributed by atoms with Gasteiger partial charge in [-0.1, -0.05) is 37.0 Å². The van der Waals surface area contributed by atoms with Gasteiger partial charge < -0.3 is 5.11 Å². The van der Waals surface area contributed by atoms with Crippen molar-refractivity contribution < 1.29 is 9.90 Å². The molecule has 2 aliphatic rings. The minimum Gasteiger partial charge on any atom is -0.506 e.